The number of carboxylic acid groups (broad SMARTS) is 1. The molecule has 0 saturated heterocycles. The molecule has 0 spiro atoms. The smallest absolute Gasteiger partial charge is 0.338 e. The molecule has 0 aliphatic rings. The maximum atomic E-state index is 13.2. The van der Waals surface area contributed by atoms with Gasteiger partial charge in [0.2, 0.25) is 5.16 Å². The Morgan fingerprint density at radius 3 is 2.63 bits per heavy atom. The molecule has 0 fully saturated rings. The third kappa shape index (κ3) is 3.05. The van der Waals surface area contributed by atoms with Crippen LogP contribution in [0.25, 0.3) is 0 Å². The largest absolute Gasteiger partial charge is 0.478 e. The summed E-state index contributed by atoms with van der Waals surface area (Å²) < 4.78 is 13.2. The van der Waals surface area contributed by atoms with Crippen LogP contribution in [0, 0.1) is 19.7 Å². The summed E-state index contributed by atoms with van der Waals surface area (Å²) in [4.78, 5) is 15.6. The summed E-state index contributed by atoms with van der Waals surface area (Å²) in [5.41, 5.74) is 1.11. The van der Waals surface area contributed by atoms with Gasteiger partial charge in [-0.1, -0.05) is 0 Å². The van der Waals surface area contributed by atoms with Crippen molar-refractivity contribution in [3.8, 4) is 0 Å². The molecule has 0 atom stereocenters. The van der Waals surface area contributed by atoms with Crippen molar-refractivity contribution in [3.63, 3.8) is 0 Å². The fraction of sp³-hybridized carbons (Fsp3) is 0.167. The van der Waals surface area contributed by atoms with Gasteiger partial charge in [-0.3, -0.25) is 0 Å². The second kappa shape index (κ2) is 5.31. The van der Waals surface area contributed by atoms with Gasteiger partial charge >= 0.3 is 5.97 Å². The number of hydrogen-bond acceptors (Lipinski definition) is 5. The molecular weight excluding hydrogens is 269 g/mol. The van der Waals surface area contributed by atoms with Crippen molar-refractivity contribution in [2.75, 3.05) is 0 Å². The van der Waals surface area contributed by atoms with E-state index in [1.54, 1.807) is 13.8 Å². The predicted molar refractivity (Wildman–Crippen MR) is 66.8 cm³/mol. The fourth-order valence-electron chi connectivity index (χ4n) is 1.32. The Hall–Kier alpha value is -2.02. The molecule has 7 heteroatoms. The molecule has 5 nitrogen and oxygen atoms in total. The molecule has 0 amide bonds. The van der Waals surface area contributed by atoms with E-state index in [-0.39, 0.29) is 5.56 Å². The van der Waals surface area contributed by atoms with Crippen molar-refractivity contribution in [2.45, 2.75) is 23.9 Å². The predicted octanol–water partition coefficient (Wildman–Crippen LogP) is 2.48. The summed E-state index contributed by atoms with van der Waals surface area (Å²) in [6.07, 6.45) is 0. The highest BCUT2D eigenvalue weighted by molar-refractivity contribution is 7.99. The monoisotopic (exact) mass is 279 g/mol. The molecular formula is C12H10FN3O2S. The van der Waals surface area contributed by atoms with E-state index in [4.69, 9.17) is 5.11 Å². The van der Waals surface area contributed by atoms with Crippen molar-refractivity contribution in [1.29, 1.82) is 0 Å². The maximum Gasteiger partial charge on any atom is 0.338 e. The van der Waals surface area contributed by atoms with Crippen molar-refractivity contribution < 1.29 is 14.3 Å². The van der Waals surface area contributed by atoms with Crippen LogP contribution in [0.4, 0.5) is 4.39 Å². The van der Waals surface area contributed by atoms with Gasteiger partial charge < -0.3 is 5.11 Å². The van der Waals surface area contributed by atoms with E-state index in [1.165, 1.54) is 12.1 Å². The molecule has 0 saturated carbocycles. The Balaban J connectivity index is 2.30. The zero-order valence-corrected chi connectivity index (χ0v) is 11.0. The number of rotatable bonds is 3. The summed E-state index contributed by atoms with van der Waals surface area (Å²) in [5, 5.41) is 17.1. The van der Waals surface area contributed by atoms with Crippen LogP contribution in [-0.4, -0.2) is 26.3 Å². The molecule has 2 aromatic rings. The van der Waals surface area contributed by atoms with Crippen LogP contribution in [0.3, 0.4) is 0 Å². The lowest BCUT2D eigenvalue weighted by molar-refractivity contribution is 0.0691. The minimum absolute atomic E-state index is 0.373. The average Bonchev–Trinajstić information content (AvgIpc) is 2.36. The molecule has 1 heterocycles. The summed E-state index contributed by atoms with van der Waals surface area (Å²) in [5.74, 6) is -2.07. The number of carboxylic acids is 1. The van der Waals surface area contributed by atoms with Crippen molar-refractivity contribution >= 4 is 17.7 Å². The molecule has 0 radical (unpaired) electrons. The lowest BCUT2D eigenvalue weighted by Gasteiger charge is -2.03. The van der Waals surface area contributed by atoms with Crippen LogP contribution in [0.5, 0.6) is 0 Å². The maximum absolute atomic E-state index is 13.2. The second-order valence-corrected chi connectivity index (χ2v) is 4.85. The summed E-state index contributed by atoms with van der Waals surface area (Å²) in [6.45, 7) is 3.60. The lowest BCUT2D eigenvalue weighted by Crippen LogP contribution is -2.01. The Morgan fingerprint density at radius 2 is 2.00 bits per heavy atom. The van der Waals surface area contributed by atoms with Crippen LogP contribution >= 0.6 is 11.8 Å². The van der Waals surface area contributed by atoms with Gasteiger partial charge in [0.1, 0.15) is 5.82 Å². The zero-order valence-electron chi connectivity index (χ0n) is 10.2. The number of aromatic carboxylic acids is 1. The van der Waals surface area contributed by atoms with E-state index < -0.39 is 11.8 Å². The molecule has 0 bridgehead atoms. The van der Waals surface area contributed by atoms with E-state index in [2.05, 4.69) is 15.2 Å². The number of carbonyl (C=O) groups is 1. The van der Waals surface area contributed by atoms with Gasteiger partial charge in [0.05, 0.1) is 17.0 Å². The van der Waals surface area contributed by atoms with E-state index in [1.807, 2.05) is 0 Å². The van der Waals surface area contributed by atoms with Crippen LogP contribution in [0.2, 0.25) is 0 Å². The van der Waals surface area contributed by atoms with Gasteiger partial charge in [-0.25, -0.2) is 14.2 Å². The summed E-state index contributed by atoms with van der Waals surface area (Å²) >= 11 is 1.14. The first kappa shape index (κ1) is 13.4. The molecule has 19 heavy (non-hydrogen) atoms. The first-order valence-electron chi connectivity index (χ1n) is 5.36. The first-order chi connectivity index (χ1) is 8.97. The van der Waals surface area contributed by atoms with Crippen LogP contribution in [0.15, 0.2) is 28.3 Å². The molecule has 98 valence electrons. The molecule has 1 N–H and O–H groups in total. The van der Waals surface area contributed by atoms with Crippen molar-refractivity contribution in [3.05, 3.63) is 41.0 Å². The number of hydrogen-bond donors (Lipinski definition) is 1. The number of benzene rings is 1. The van der Waals surface area contributed by atoms with Gasteiger partial charge in [-0.2, -0.15) is 5.10 Å². The third-order valence-electron chi connectivity index (χ3n) is 2.45. The quantitative estimate of drug-likeness (QED) is 0.930. The average molecular weight is 279 g/mol. The van der Waals surface area contributed by atoms with Crippen molar-refractivity contribution in [2.24, 2.45) is 0 Å². The van der Waals surface area contributed by atoms with E-state index in [0.29, 0.717) is 10.1 Å². The minimum Gasteiger partial charge on any atom is -0.478 e. The van der Waals surface area contributed by atoms with Crippen LogP contribution < -0.4 is 0 Å². The Bertz CT molecular complexity index is 649. The Morgan fingerprint density at radius 1 is 1.26 bits per heavy atom. The molecule has 0 aliphatic heterocycles. The van der Waals surface area contributed by atoms with Crippen LogP contribution in [-0.2, 0) is 0 Å². The van der Waals surface area contributed by atoms with Crippen molar-refractivity contribution in [1.82, 2.24) is 15.2 Å². The molecule has 0 aliphatic carbocycles. The zero-order chi connectivity index (χ0) is 14.0. The number of halogens is 1. The summed E-state index contributed by atoms with van der Waals surface area (Å²) in [6, 6.07) is 3.84. The first-order valence-corrected chi connectivity index (χ1v) is 6.17. The summed E-state index contributed by atoms with van der Waals surface area (Å²) in [7, 11) is 0. The van der Waals surface area contributed by atoms with E-state index in [0.717, 1.165) is 29.2 Å². The van der Waals surface area contributed by atoms with E-state index in [9.17, 15) is 9.18 Å². The molecule has 0 unspecified atom stereocenters. The van der Waals surface area contributed by atoms with Gasteiger partial charge in [0.25, 0.3) is 0 Å². The SMILES string of the molecule is Cc1nnc(Sc2ccc(F)c(C(=O)O)c2)nc1C. The van der Waals surface area contributed by atoms with Gasteiger partial charge in [-0.05, 0) is 43.8 Å². The van der Waals surface area contributed by atoms with Gasteiger partial charge in [0.15, 0.2) is 0 Å². The molecule has 2 rings (SSSR count). The lowest BCUT2D eigenvalue weighted by atomic mass is 10.2. The topological polar surface area (TPSA) is 76.0 Å². The Kier molecular flexibility index (Phi) is 3.75. The standard InChI is InChI=1S/C12H10FN3O2S/c1-6-7(2)15-16-12(14-6)19-8-3-4-10(13)9(5-8)11(17)18/h3-5H,1-2H3,(H,17,18). The number of nitrogens with zero attached hydrogens (tertiary/aromatic N) is 3. The Labute approximate surface area is 112 Å². The van der Waals surface area contributed by atoms with Gasteiger partial charge in [-0.15, -0.1) is 5.10 Å². The third-order valence-corrected chi connectivity index (χ3v) is 3.30. The van der Waals surface area contributed by atoms with Crippen LogP contribution in [0.1, 0.15) is 21.7 Å². The molecule has 1 aromatic heterocycles. The number of aryl methyl sites for hydroxylation is 2. The second-order valence-electron chi connectivity index (χ2n) is 3.81. The minimum atomic E-state index is -1.31. The highest BCUT2D eigenvalue weighted by Crippen LogP contribution is 2.26. The fourth-order valence-corrected chi connectivity index (χ4v) is 2.11. The van der Waals surface area contributed by atoms with Gasteiger partial charge in [0, 0.05) is 4.90 Å². The normalized spacial score (nSPS) is 10.5. The number of aromatic nitrogens is 3. The highest BCUT2D eigenvalue weighted by atomic mass is 32.2. The van der Waals surface area contributed by atoms with E-state index >= 15 is 0 Å². The highest BCUT2D eigenvalue weighted by Gasteiger charge is 2.12. The molecule has 1 aromatic carbocycles.